The van der Waals surface area contributed by atoms with Gasteiger partial charge >= 0.3 is 17.9 Å². The van der Waals surface area contributed by atoms with Crippen molar-refractivity contribution in [3.63, 3.8) is 0 Å². The van der Waals surface area contributed by atoms with Gasteiger partial charge in [-0.15, -0.1) is 0 Å². The highest BCUT2D eigenvalue weighted by Crippen LogP contribution is 2.16. The van der Waals surface area contributed by atoms with Gasteiger partial charge in [0.25, 0.3) is 0 Å². The number of esters is 3. The fourth-order valence-electron chi connectivity index (χ4n) is 8.02. The normalized spacial score (nSPS) is 12.1. The van der Waals surface area contributed by atoms with Gasteiger partial charge in [0.1, 0.15) is 13.2 Å². The lowest BCUT2D eigenvalue weighted by Gasteiger charge is -2.18. The summed E-state index contributed by atoms with van der Waals surface area (Å²) in [6.07, 6.45) is 58.8. The van der Waals surface area contributed by atoms with Crippen molar-refractivity contribution in [2.45, 2.75) is 303 Å². The van der Waals surface area contributed by atoms with Crippen LogP contribution in [-0.2, 0) is 28.6 Å². The van der Waals surface area contributed by atoms with Crippen molar-refractivity contribution in [1.82, 2.24) is 0 Å². The minimum atomic E-state index is -0.770. The Morgan fingerprint density at radius 3 is 0.839 bits per heavy atom. The van der Waals surface area contributed by atoms with Gasteiger partial charge < -0.3 is 14.2 Å². The van der Waals surface area contributed by atoms with Crippen molar-refractivity contribution in [3.05, 3.63) is 24.3 Å². The summed E-state index contributed by atoms with van der Waals surface area (Å²) in [4.78, 5) is 38.0. The standard InChI is InChI=1S/C56H104O6/c1-4-7-10-13-16-19-22-25-26-27-28-29-30-32-34-37-40-43-46-49-55(58)61-52-53(51-60-54(57)48-45-42-39-36-33-24-21-18-15-12-9-6-3)62-56(59)50-47-44-41-38-35-31-23-20-17-14-11-8-5-2/h18,21,25-26,53H,4-17,19-20,22-24,27-52H2,1-3H3/b21-18-,26-25-. The molecule has 364 valence electrons. The predicted octanol–water partition coefficient (Wildman–Crippen LogP) is 17.9. The summed E-state index contributed by atoms with van der Waals surface area (Å²) in [5, 5.41) is 0. The Hall–Kier alpha value is -2.11. The fraction of sp³-hybridized carbons (Fsp3) is 0.875. The van der Waals surface area contributed by atoms with Crippen LogP contribution in [0.2, 0.25) is 0 Å². The van der Waals surface area contributed by atoms with Gasteiger partial charge in [0.2, 0.25) is 0 Å². The number of ether oxygens (including phenoxy) is 3. The highest BCUT2D eigenvalue weighted by molar-refractivity contribution is 5.71. The third-order valence-corrected chi connectivity index (χ3v) is 12.2. The van der Waals surface area contributed by atoms with Crippen LogP contribution >= 0.6 is 0 Å². The topological polar surface area (TPSA) is 78.9 Å². The molecule has 0 N–H and O–H groups in total. The molecule has 0 aliphatic rings. The highest BCUT2D eigenvalue weighted by atomic mass is 16.6. The summed E-state index contributed by atoms with van der Waals surface area (Å²) >= 11 is 0. The van der Waals surface area contributed by atoms with Gasteiger partial charge in [-0.05, 0) is 70.6 Å². The summed E-state index contributed by atoms with van der Waals surface area (Å²) < 4.78 is 16.8. The Labute approximate surface area is 385 Å². The number of carbonyl (C=O) groups is 3. The molecule has 0 aromatic carbocycles. The molecule has 0 aliphatic heterocycles. The molecule has 0 rings (SSSR count). The van der Waals surface area contributed by atoms with Gasteiger partial charge in [-0.3, -0.25) is 14.4 Å². The second-order valence-corrected chi connectivity index (χ2v) is 18.5. The van der Waals surface area contributed by atoms with E-state index in [0.29, 0.717) is 19.3 Å². The van der Waals surface area contributed by atoms with Crippen molar-refractivity contribution in [1.29, 1.82) is 0 Å². The van der Waals surface area contributed by atoms with Crippen LogP contribution < -0.4 is 0 Å². The zero-order valence-electron chi connectivity index (χ0n) is 41.7. The van der Waals surface area contributed by atoms with Crippen LogP contribution in [0.5, 0.6) is 0 Å². The quantitative estimate of drug-likeness (QED) is 0.0262. The average Bonchev–Trinajstić information content (AvgIpc) is 3.27. The monoisotopic (exact) mass is 873 g/mol. The van der Waals surface area contributed by atoms with E-state index in [9.17, 15) is 14.4 Å². The third-order valence-electron chi connectivity index (χ3n) is 12.2. The molecule has 6 nitrogen and oxygen atoms in total. The minimum absolute atomic E-state index is 0.0710. The van der Waals surface area contributed by atoms with Gasteiger partial charge in [0.15, 0.2) is 6.10 Å². The molecule has 0 saturated carbocycles. The Morgan fingerprint density at radius 2 is 0.532 bits per heavy atom. The lowest BCUT2D eigenvalue weighted by Crippen LogP contribution is -2.30. The second kappa shape index (κ2) is 51.5. The van der Waals surface area contributed by atoms with Crippen molar-refractivity contribution >= 4 is 17.9 Å². The van der Waals surface area contributed by atoms with E-state index in [4.69, 9.17) is 14.2 Å². The molecule has 0 radical (unpaired) electrons. The maximum atomic E-state index is 12.8. The van der Waals surface area contributed by atoms with Crippen molar-refractivity contribution in [3.8, 4) is 0 Å². The lowest BCUT2D eigenvalue weighted by atomic mass is 10.0. The molecule has 0 aromatic rings. The molecule has 0 spiro atoms. The van der Waals surface area contributed by atoms with Crippen molar-refractivity contribution in [2.75, 3.05) is 13.2 Å². The van der Waals surface area contributed by atoms with E-state index in [1.165, 1.54) is 193 Å². The van der Waals surface area contributed by atoms with Gasteiger partial charge in [-0.25, -0.2) is 0 Å². The average molecular weight is 873 g/mol. The van der Waals surface area contributed by atoms with Crippen LogP contribution in [-0.4, -0.2) is 37.2 Å². The largest absolute Gasteiger partial charge is 0.462 e. The molecule has 0 fully saturated rings. The Balaban J connectivity index is 4.29. The molecule has 6 heteroatoms. The van der Waals surface area contributed by atoms with Gasteiger partial charge in [0.05, 0.1) is 0 Å². The van der Waals surface area contributed by atoms with E-state index in [1.54, 1.807) is 0 Å². The van der Waals surface area contributed by atoms with Crippen LogP contribution in [0.3, 0.4) is 0 Å². The third kappa shape index (κ3) is 48.9. The van der Waals surface area contributed by atoms with Crippen LogP contribution in [0, 0.1) is 0 Å². The van der Waals surface area contributed by atoms with E-state index in [0.717, 1.165) is 64.2 Å². The summed E-state index contributed by atoms with van der Waals surface area (Å²) in [6.45, 7) is 6.63. The molecule has 0 amide bonds. The SMILES string of the molecule is CCCCC/C=C\CCCCCCCC(=O)OCC(COC(=O)CCCCCCCCCCC/C=C\CCCCCCCC)OC(=O)CCCCCCCCCCCCCCC. The first-order valence-corrected chi connectivity index (χ1v) is 27.3. The Morgan fingerprint density at radius 1 is 0.306 bits per heavy atom. The van der Waals surface area contributed by atoms with E-state index in [-0.39, 0.29) is 31.1 Å². The smallest absolute Gasteiger partial charge is 0.306 e. The molecule has 1 atom stereocenters. The van der Waals surface area contributed by atoms with Crippen LogP contribution in [0.25, 0.3) is 0 Å². The Bertz CT molecular complexity index is 1000. The first-order chi connectivity index (χ1) is 30.5. The molecule has 62 heavy (non-hydrogen) atoms. The van der Waals surface area contributed by atoms with Crippen LogP contribution in [0.15, 0.2) is 24.3 Å². The lowest BCUT2D eigenvalue weighted by molar-refractivity contribution is -0.167. The summed E-state index contributed by atoms with van der Waals surface area (Å²) in [5.74, 6) is -0.867. The zero-order valence-corrected chi connectivity index (χ0v) is 41.7. The summed E-state index contributed by atoms with van der Waals surface area (Å²) in [7, 11) is 0. The van der Waals surface area contributed by atoms with E-state index in [2.05, 4.69) is 45.1 Å². The van der Waals surface area contributed by atoms with E-state index >= 15 is 0 Å². The van der Waals surface area contributed by atoms with E-state index < -0.39 is 6.10 Å². The maximum absolute atomic E-state index is 12.8. The van der Waals surface area contributed by atoms with Crippen LogP contribution in [0.4, 0.5) is 0 Å². The van der Waals surface area contributed by atoms with Crippen molar-refractivity contribution < 1.29 is 28.6 Å². The number of hydrogen-bond acceptors (Lipinski definition) is 6. The van der Waals surface area contributed by atoms with E-state index in [1.807, 2.05) is 0 Å². The first kappa shape index (κ1) is 59.9. The number of allylic oxidation sites excluding steroid dienone is 4. The number of unbranched alkanes of at least 4 members (excludes halogenated alkanes) is 35. The summed E-state index contributed by atoms with van der Waals surface area (Å²) in [5.41, 5.74) is 0. The van der Waals surface area contributed by atoms with Crippen LogP contribution in [0.1, 0.15) is 297 Å². The first-order valence-electron chi connectivity index (χ1n) is 27.3. The molecule has 0 aliphatic carbocycles. The van der Waals surface area contributed by atoms with Gasteiger partial charge in [0, 0.05) is 19.3 Å². The van der Waals surface area contributed by atoms with Gasteiger partial charge in [-0.2, -0.15) is 0 Å². The predicted molar refractivity (Wildman–Crippen MR) is 266 cm³/mol. The molecule has 0 aromatic heterocycles. The second-order valence-electron chi connectivity index (χ2n) is 18.5. The molecular formula is C56H104O6. The van der Waals surface area contributed by atoms with Crippen molar-refractivity contribution in [2.24, 2.45) is 0 Å². The molecule has 0 saturated heterocycles. The molecule has 1 unspecified atom stereocenters. The number of hydrogen-bond donors (Lipinski definition) is 0. The zero-order chi connectivity index (χ0) is 45.1. The fourth-order valence-corrected chi connectivity index (χ4v) is 8.02. The Kier molecular flexibility index (Phi) is 49.8. The highest BCUT2D eigenvalue weighted by Gasteiger charge is 2.19. The molecule has 0 heterocycles. The minimum Gasteiger partial charge on any atom is -0.462 e. The molecule has 0 bridgehead atoms. The number of rotatable bonds is 50. The number of carbonyl (C=O) groups excluding carboxylic acids is 3. The molecular weight excluding hydrogens is 769 g/mol. The summed E-state index contributed by atoms with van der Waals surface area (Å²) in [6, 6.07) is 0. The van der Waals surface area contributed by atoms with Gasteiger partial charge in [-0.1, -0.05) is 231 Å². The maximum Gasteiger partial charge on any atom is 0.306 e.